The molecule has 0 saturated heterocycles. The molecular weight excluding hydrogens is 313 g/mol. The van der Waals surface area contributed by atoms with Gasteiger partial charge in [0.05, 0.1) is 0 Å². The van der Waals surface area contributed by atoms with Crippen molar-refractivity contribution in [2.45, 2.75) is 90.4 Å². The quantitative estimate of drug-likeness (QED) is 0.265. The van der Waals surface area contributed by atoms with E-state index in [1.165, 1.54) is 77.0 Å². The molecule has 0 aliphatic carbocycles. The highest BCUT2D eigenvalue weighted by atomic mass is 35.5. The molecule has 22 heavy (non-hydrogen) atoms. The van der Waals surface area contributed by atoms with Crippen LogP contribution < -0.4 is 0 Å². The molecular formula is C19H31Cl2N. The molecule has 0 unspecified atom stereocenters. The summed E-state index contributed by atoms with van der Waals surface area (Å²) in [4.78, 5) is 4.08. The van der Waals surface area contributed by atoms with Crippen LogP contribution in [0.1, 0.15) is 89.5 Å². The predicted octanol–water partition coefficient (Wildman–Crippen LogP) is 7.63. The SMILES string of the molecule is CCCCCCCCCCCCCCc1ccc(Cl)nc1Cl. The number of aromatic nitrogens is 1. The molecule has 1 rings (SSSR count). The summed E-state index contributed by atoms with van der Waals surface area (Å²) in [6, 6.07) is 3.82. The molecule has 0 aliphatic rings. The third-order valence-electron chi connectivity index (χ3n) is 4.19. The number of halogens is 2. The first-order chi connectivity index (χ1) is 10.7. The number of aryl methyl sites for hydroxylation is 1. The molecule has 1 aromatic heterocycles. The van der Waals surface area contributed by atoms with Crippen LogP contribution >= 0.6 is 23.2 Å². The van der Waals surface area contributed by atoms with E-state index in [0.29, 0.717) is 10.3 Å². The van der Waals surface area contributed by atoms with Crippen LogP contribution in [0.2, 0.25) is 10.3 Å². The molecule has 0 bridgehead atoms. The van der Waals surface area contributed by atoms with Gasteiger partial charge in [-0.1, -0.05) is 107 Å². The molecule has 0 aromatic carbocycles. The molecule has 1 nitrogen and oxygen atoms in total. The van der Waals surface area contributed by atoms with E-state index in [2.05, 4.69) is 11.9 Å². The summed E-state index contributed by atoms with van der Waals surface area (Å²) in [6.45, 7) is 2.28. The van der Waals surface area contributed by atoms with Crippen LogP contribution in [0.15, 0.2) is 12.1 Å². The van der Waals surface area contributed by atoms with Gasteiger partial charge in [0.2, 0.25) is 0 Å². The molecule has 0 atom stereocenters. The number of unbranched alkanes of at least 4 members (excludes halogenated alkanes) is 11. The first-order valence-corrected chi connectivity index (χ1v) is 9.80. The van der Waals surface area contributed by atoms with E-state index >= 15 is 0 Å². The summed E-state index contributed by atoms with van der Waals surface area (Å²) in [5.41, 5.74) is 1.12. The largest absolute Gasteiger partial charge is 0.224 e. The Balaban J connectivity index is 1.89. The molecule has 0 spiro atoms. The highest BCUT2D eigenvalue weighted by Gasteiger charge is 2.02. The Bertz CT molecular complexity index is 393. The molecule has 1 heterocycles. The van der Waals surface area contributed by atoms with Crippen LogP contribution in [0.4, 0.5) is 0 Å². The third-order valence-corrected chi connectivity index (χ3v) is 4.73. The van der Waals surface area contributed by atoms with Crippen LogP contribution in [0.5, 0.6) is 0 Å². The molecule has 0 saturated carbocycles. The van der Waals surface area contributed by atoms with Gasteiger partial charge in [-0.2, -0.15) is 0 Å². The maximum atomic E-state index is 6.08. The van der Waals surface area contributed by atoms with Crippen molar-refractivity contribution in [2.75, 3.05) is 0 Å². The average molecular weight is 344 g/mol. The minimum absolute atomic E-state index is 0.475. The lowest BCUT2D eigenvalue weighted by Crippen LogP contribution is -1.90. The fourth-order valence-electron chi connectivity index (χ4n) is 2.78. The maximum absolute atomic E-state index is 6.08. The number of pyridine rings is 1. The van der Waals surface area contributed by atoms with Gasteiger partial charge in [0.25, 0.3) is 0 Å². The first-order valence-electron chi connectivity index (χ1n) is 9.05. The molecule has 3 heteroatoms. The van der Waals surface area contributed by atoms with Crippen molar-refractivity contribution in [3.05, 3.63) is 28.0 Å². The third kappa shape index (κ3) is 9.69. The highest BCUT2D eigenvalue weighted by molar-refractivity contribution is 6.32. The number of nitrogens with zero attached hydrogens (tertiary/aromatic N) is 1. The average Bonchev–Trinajstić information content (AvgIpc) is 2.50. The fraction of sp³-hybridized carbons (Fsp3) is 0.737. The van der Waals surface area contributed by atoms with E-state index < -0.39 is 0 Å². The van der Waals surface area contributed by atoms with E-state index in [-0.39, 0.29) is 0 Å². The Morgan fingerprint density at radius 2 is 1.23 bits per heavy atom. The number of hydrogen-bond acceptors (Lipinski definition) is 1. The van der Waals surface area contributed by atoms with Crippen molar-refractivity contribution in [2.24, 2.45) is 0 Å². The van der Waals surface area contributed by atoms with Crippen molar-refractivity contribution in [1.82, 2.24) is 4.98 Å². The van der Waals surface area contributed by atoms with Crippen molar-refractivity contribution in [3.8, 4) is 0 Å². The zero-order valence-electron chi connectivity index (χ0n) is 14.1. The first kappa shape index (κ1) is 19.8. The Morgan fingerprint density at radius 1 is 0.727 bits per heavy atom. The molecule has 0 amide bonds. The lowest BCUT2D eigenvalue weighted by atomic mass is 10.0. The summed E-state index contributed by atoms with van der Waals surface area (Å²) < 4.78 is 0. The molecule has 126 valence electrons. The summed E-state index contributed by atoms with van der Waals surface area (Å²) >= 11 is 11.9. The predicted molar refractivity (Wildman–Crippen MR) is 99.0 cm³/mol. The standard InChI is InChI=1S/C19H31Cl2N/c1-2-3-4-5-6-7-8-9-10-11-12-13-14-17-15-16-18(20)22-19(17)21/h15-16H,2-14H2,1H3. The number of hydrogen-bond donors (Lipinski definition) is 0. The summed E-state index contributed by atoms with van der Waals surface area (Å²) in [6.07, 6.45) is 17.5. The van der Waals surface area contributed by atoms with E-state index in [4.69, 9.17) is 23.2 Å². The van der Waals surface area contributed by atoms with Crippen molar-refractivity contribution < 1.29 is 0 Å². The van der Waals surface area contributed by atoms with Gasteiger partial charge in [-0.25, -0.2) is 4.98 Å². The lowest BCUT2D eigenvalue weighted by molar-refractivity contribution is 0.544. The maximum Gasteiger partial charge on any atom is 0.134 e. The lowest BCUT2D eigenvalue weighted by Gasteiger charge is -2.05. The van der Waals surface area contributed by atoms with E-state index in [0.717, 1.165) is 12.0 Å². The molecule has 0 radical (unpaired) electrons. The Morgan fingerprint density at radius 3 is 1.73 bits per heavy atom. The van der Waals surface area contributed by atoms with E-state index in [1.807, 2.05) is 12.1 Å². The van der Waals surface area contributed by atoms with Gasteiger partial charge in [-0.05, 0) is 24.5 Å². The minimum atomic E-state index is 0.475. The summed E-state index contributed by atoms with van der Waals surface area (Å²) in [7, 11) is 0. The molecule has 0 N–H and O–H groups in total. The summed E-state index contributed by atoms with van der Waals surface area (Å²) in [5, 5.41) is 1.04. The van der Waals surface area contributed by atoms with Gasteiger partial charge in [0.1, 0.15) is 10.3 Å². The van der Waals surface area contributed by atoms with Gasteiger partial charge >= 0.3 is 0 Å². The smallest absolute Gasteiger partial charge is 0.134 e. The van der Waals surface area contributed by atoms with E-state index in [9.17, 15) is 0 Å². The fourth-order valence-corrected chi connectivity index (χ4v) is 3.22. The second-order valence-electron chi connectivity index (χ2n) is 6.22. The van der Waals surface area contributed by atoms with Crippen LogP contribution in [0.3, 0.4) is 0 Å². The highest BCUT2D eigenvalue weighted by Crippen LogP contribution is 2.19. The zero-order valence-corrected chi connectivity index (χ0v) is 15.6. The Kier molecular flexibility index (Phi) is 11.9. The molecule has 0 aliphatic heterocycles. The van der Waals surface area contributed by atoms with Gasteiger partial charge < -0.3 is 0 Å². The zero-order chi connectivity index (χ0) is 16.0. The van der Waals surface area contributed by atoms with Crippen molar-refractivity contribution in [1.29, 1.82) is 0 Å². The topological polar surface area (TPSA) is 12.9 Å². The van der Waals surface area contributed by atoms with E-state index in [1.54, 1.807) is 0 Å². The minimum Gasteiger partial charge on any atom is -0.224 e. The monoisotopic (exact) mass is 343 g/mol. The second-order valence-corrected chi connectivity index (χ2v) is 6.97. The van der Waals surface area contributed by atoms with Gasteiger partial charge in [-0.15, -0.1) is 0 Å². The van der Waals surface area contributed by atoms with Crippen LogP contribution in [-0.2, 0) is 6.42 Å². The number of rotatable bonds is 13. The molecule has 0 fully saturated rings. The normalized spacial score (nSPS) is 11.0. The van der Waals surface area contributed by atoms with Gasteiger partial charge in [0.15, 0.2) is 0 Å². The summed E-state index contributed by atoms with van der Waals surface area (Å²) in [5.74, 6) is 0. The van der Waals surface area contributed by atoms with Crippen LogP contribution in [0.25, 0.3) is 0 Å². The molecule has 1 aromatic rings. The Hall–Kier alpha value is -0.270. The van der Waals surface area contributed by atoms with Gasteiger partial charge in [-0.3, -0.25) is 0 Å². The second kappa shape index (κ2) is 13.2. The van der Waals surface area contributed by atoms with Crippen molar-refractivity contribution in [3.63, 3.8) is 0 Å². The van der Waals surface area contributed by atoms with Crippen LogP contribution in [-0.4, -0.2) is 4.98 Å². The Labute approximate surface area is 146 Å². The van der Waals surface area contributed by atoms with Crippen LogP contribution in [0, 0.1) is 0 Å². The van der Waals surface area contributed by atoms with Crippen molar-refractivity contribution >= 4 is 23.2 Å². The van der Waals surface area contributed by atoms with Gasteiger partial charge in [0, 0.05) is 0 Å².